The van der Waals surface area contributed by atoms with Crippen molar-refractivity contribution in [3.8, 4) is 0 Å². The van der Waals surface area contributed by atoms with Crippen LogP contribution in [-0.4, -0.2) is 52.0 Å². The molecule has 0 radical (unpaired) electrons. The lowest BCUT2D eigenvalue weighted by molar-refractivity contribution is 0.109. The van der Waals surface area contributed by atoms with E-state index in [0.29, 0.717) is 6.54 Å². The zero-order valence-corrected chi connectivity index (χ0v) is 12.1. The summed E-state index contributed by atoms with van der Waals surface area (Å²) in [5.74, 6) is 0. The minimum atomic E-state index is 0.289. The molecule has 1 aromatic heterocycles. The molecule has 0 aliphatic carbocycles. The molecule has 0 saturated carbocycles. The minimum Gasteiger partial charge on any atom is -0.385 e. The Labute approximate surface area is 114 Å². The molecule has 1 aromatic rings. The fourth-order valence-corrected chi connectivity index (χ4v) is 2.84. The van der Waals surface area contributed by atoms with Crippen molar-refractivity contribution in [2.75, 3.05) is 47.1 Å². The number of nitrogens with zero attached hydrogens (tertiary/aromatic N) is 1. The van der Waals surface area contributed by atoms with Gasteiger partial charge in [-0.3, -0.25) is 4.90 Å². The fourth-order valence-electron chi connectivity index (χ4n) is 1.97. The number of hydrogen-bond donors (Lipinski definition) is 1. The van der Waals surface area contributed by atoms with E-state index in [4.69, 9.17) is 15.2 Å². The maximum absolute atomic E-state index is 5.93. The van der Waals surface area contributed by atoms with Crippen molar-refractivity contribution in [3.63, 3.8) is 0 Å². The Morgan fingerprint density at radius 1 is 1.28 bits per heavy atom. The van der Waals surface area contributed by atoms with Crippen LogP contribution in [-0.2, 0) is 9.47 Å². The Morgan fingerprint density at radius 3 is 2.61 bits per heavy atom. The van der Waals surface area contributed by atoms with Gasteiger partial charge in [-0.1, -0.05) is 6.07 Å². The molecular formula is C13H24N2O2S. The predicted octanol–water partition coefficient (Wildman–Crippen LogP) is 1.73. The van der Waals surface area contributed by atoms with Crippen molar-refractivity contribution in [2.24, 2.45) is 5.73 Å². The van der Waals surface area contributed by atoms with Crippen LogP contribution < -0.4 is 5.73 Å². The zero-order chi connectivity index (χ0) is 13.2. The number of nitrogens with two attached hydrogens (primary N) is 1. The lowest BCUT2D eigenvalue weighted by Crippen LogP contribution is -2.36. The molecule has 0 aliphatic rings. The zero-order valence-electron chi connectivity index (χ0n) is 11.3. The van der Waals surface area contributed by atoms with Crippen LogP contribution in [0.15, 0.2) is 17.5 Å². The van der Waals surface area contributed by atoms with Crippen molar-refractivity contribution in [2.45, 2.75) is 12.5 Å². The first-order valence-corrected chi connectivity index (χ1v) is 7.16. The summed E-state index contributed by atoms with van der Waals surface area (Å²) in [5, 5.41) is 2.10. The van der Waals surface area contributed by atoms with Crippen LogP contribution in [0.5, 0.6) is 0 Å². The second-order valence-corrected chi connectivity index (χ2v) is 5.12. The summed E-state index contributed by atoms with van der Waals surface area (Å²) in [6, 6.07) is 4.52. The van der Waals surface area contributed by atoms with Gasteiger partial charge in [0.1, 0.15) is 0 Å². The second-order valence-electron chi connectivity index (χ2n) is 4.14. The van der Waals surface area contributed by atoms with Crippen LogP contribution in [0.4, 0.5) is 0 Å². The molecule has 18 heavy (non-hydrogen) atoms. The van der Waals surface area contributed by atoms with Gasteiger partial charge in [0.05, 0.1) is 12.6 Å². The summed E-state index contributed by atoms with van der Waals surface area (Å²) in [7, 11) is 3.47. The van der Waals surface area contributed by atoms with Crippen molar-refractivity contribution >= 4 is 11.3 Å². The molecule has 0 aromatic carbocycles. The molecule has 0 amide bonds. The van der Waals surface area contributed by atoms with Gasteiger partial charge in [-0.2, -0.15) is 0 Å². The highest BCUT2D eigenvalue weighted by Gasteiger charge is 2.19. The highest BCUT2D eigenvalue weighted by atomic mass is 32.1. The minimum absolute atomic E-state index is 0.289. The molecular weight excluding hydrogens is 248 g/mol. The molecule has 104 valence electrons. The third-order valence-corrected chi connectivity index (χ3v) is 3.89. The first-order valence-electron chi connectivity index (χ1n) is 6.28. The molecule has 1 heterocycles. The van der Waals surface area contributed by atoms with Crippen molar-refractivity contribution in [3.05, 3.63) is 22.4 Å². The van der Waals surface area contributed by atoms with Gasteiger partial charge < -0.3 is 15.2 Å². The second kappa shape index (κ2) is 9.47. The summed E-state index contributed by atoms with van der Waals surface area (Å²) >= 11 is 1.76. The van der Waals surface area contributed by atoms with Gasteiger partial charge >= 0.3 is 0 Å². The van der Waals surface area contributed by atoms with E-state index in [0.717, 1.165) is 32.7 Å². The Kier molecular flexibility index (Phi) is 8.20. The van der Waals surface area contributed by atoms with Crippen LogP contribution in [0, 0.1) is 0 Å². The summed E-state index contributed by atoms with van der Waals surface area (Å²) in [6.45, 7) is 4.04. The van der Waals surface area contributed by atoms with Gasteiger partial charge in [0.2, 0.25) is 0 Å². The maximum Gasteiger partial charge on any atom is 0.0589 e. The number of hydrogen-bond acceptors (Lipinski definition) is 5. The number of methoxy groups -OCH3 is 2. The van der Waals surface area contributed by atoms with E-state index in [9.17, 15) is 0 Å². The lowest BCUT2D eigenvalue weighted by atomic mass is 10.2. The van der Waals surface area contributed by atoms with Crippen LogP contribution in [0.3, 0.4) is 0 Å². The third kappa shape index (κ3) is 5.04. The van der Waals surface area contributed by atoms with E-state index in [1.54, 1.807) is 25.6 Å². The molecule has 1 atom stereocenters. The van der Waals surface area contributed by atoms with Gasteiger partial charge in [0.15, 0.2) is 0 Å². The van der Waals surface area contributed by atoms with Gasteiger partial charge in [-0.05, 0) is 17.9 Å². The van der Waals surface area contributed by atoms with Crippen molar-refractivity contribution < 1.29 is 9.47 Å². The average Bonchev–Trinajstić information content (AvgIpc) is 2.90. The molecule has 5 heteroatoms. The summed E-state index contributed by atoms with van der Waals surface area (Å²) in [4.78, 5) is 3.71. The van der Waals surface area contributed by atoms with E-state index >= 15 is 0 Å². The molecule has 1 rings (SSSR count). The molecule has 4 nitrogen and oxygen atoms in total. The smallest absolute Gasteiger partial charge is 0.0589 e. The normalized spacial score (nSPS) is 13.1. The highest BCUT2D eigenvalue weighted by Crippen LogP contribution is 2.24. The summed E-state index contributed by atoms with van der Waals surface area (Å²) in [6.07, 6.45) is 1.02. The Bertz CT molecular complexity index is 293. The van der Waals surface area contributed by atoms with Gasteiger partial charge in [-0.15, -0.1) is 11.3 Å². The monoisotopic (exact) mass is 272 g/mol. The molecule has 0 fully saturated rings. The van der Waals surface area contributed by atoms with Crippen LogP contribution in [0.25, 0.3) is 0 Å². The Balaban J connectivity index is 2.59. The van der Waals surface area contributed by atoms with Gasteiger partial charge in [0, 0.05) is 45.3 Å². The van der Waals surface area contributed by atoms with Crippen molar-refractivity contribution in [1.82, 2.24) is 4.90 Å². The number of rotatable bonds is 10. The number of ether oxygens (including phenoxy) is 2. The largest absolute Gasteiger partial charge is 0.385 e. The predicted molar refractivity (Wildman–Crippen MR) is 76.1 cm³/mol. The van der Waals surface area contributed by atoms with Crippen LogP contribution >= 0.6 is 11.3 Å². The van der Waals surface area contributed by atoms with Gasteiger partial charge in [-0.25, -0.2) is 0 Å². The van der Waals surface area contributed by atoms with Gasteiger partial charge in [0.25, 0.3) is 0 Å². The molecule has 0 spiro atoms. The summed E-state index contributed by atoms with van der Waals surface area (Å²) < 4.78 is 10.3. The van der Waals surface area contributed by atoms with Crippen LogP contribution in [0.1, 0.15) is 17.3 Å². The Hall–Kier alpha value is -0.460. The third-order valence-electron chi connectivity index (χ3n) is 2.91. The molecule has 2 N–H and O–H groups in total. The standard InChI is InChI=1S/C13H24N2O2S/c1-16-8-4-6-15(7-9-17-2)12(11-14)13-5-3-10-18-13/h3,5,10,12H,4,6-9,11,14H2,1-2H3. The van der Waals surface area contributed by atoms with E-state index < -0.39 is 0 Å². The lowest BCUT2D eigenvalue weighted by Gasteiger charge is -2.30. The van der Waals surface area contributed by atoms with E-state index in [2.05, 4.69) is 22.4 Å². The molecule has 0 saturated heterocycles. The quantitative estimate of drug-likeness (QED) is 0.659. The molecule has 1 unspecified atom stereocenters. The maximum atomic E-state index is 5.93. The first kappa shape index (κ1) is 15.6. The molecule has 0 aliphatic heterocycles. The average molecular weight is 272 g/mol. The number of thiophene rings is 1. The van der Waals surface area contributed by atoms with E-state index in [-0.39, 0.29) is 6.04 Å². The topological polar surface area (TPSA) is 47.7 Å². The first-order chi connectivity index (χ1) is 8.83. The Morgan fingerprint density at radius 2 is 2.06 bits per heavy atom. The van der Waals surface area contributed by atoms with E-state index in [1.165, 1.54) is 4.88 Å². The van der Waals surface area contributed by atoms with Crippen molar-refractivity contribution in [1.29, 1.82) is 0 Å². The molecule has 0 bridgehead atoms. The van der Waals surface area contributed by atoms with Crippen LogP contribution in [0.2, 0.25) is 0 Å². The SMILES string of the molecule is COCCCN(CCOC)C(CN)c1cccs1. The highest BCUT2D eigenvalue weighted by molar-refractivity contribution is 7.10. The summed E-state index contributed by atoms with van der Waals surface area (Å²) in [5.41, 5.74) is 5.93. The fraction of sp³-hybridized carbons (Fsp3) is 0.692. The van der Waals surface area contributed by atoms with E-state index in [1.807, 2.05) is 0 Å².